The lowest BCUT2D eigenvalue weighted by Crippen LogP contribution is -2.34. The summed E-state index contributed by atoms with van der Waals surface area (Å²) in [6.45, 7) is -0.0338. The number of anilines is 1. The Bertz CT molecular complexity index is 874. The molecule has 0 fully saturated rings. The number of thiazole rings is 1. The predicted molar refractivity (Wildman–Crippen MR) is 96.1 cm³/mol. The first kappa shape index (κ1) is 16.4. The third-order valence-corrected chi connectivity index (χ3v) is 4.95. The Hall–Kier alpha value is -2.45. The van der Waals surface area contributed by atoms with E-state index >= 15 is 0 Å². The van der Waals surface area contributed by atoms with E-state index in [2.05, 4.69) is 10.3 Å². The highest BCUT2D eigenvalue weighted by Gasteiger charge is 2.16. The van der Waals surface area contributed by atoms with Crippen LogP contribution in [0.2, 0.25) is 0 Å². The van der Waals surface area contributed by atoms with Gasteiger partial charge in [0.05, 0.1) is 29.4 Å². The van der Waals surface area contributed by atoms with Gasteiger partial charge in [0.25, 0.3) is 5.91 Å². The zero-order valence-corrected chi connectivity index (χ0v) is 14.7. The van der Waals surface area contributed by atoms with Gasteiger partial charge in [-0.05, 0) is 29.6 Å². The first-order valence-corrected chi connectivity index (χ1v) is 8.85. The lowest BCUT2D eigenvalue weighted by molar-refractivity contribution is -0.116. The number of nitrogens with zero attached hydrogens (tertiary/aromatic N) is 2. The number of methoxy groups -OCH3 is 1. The number of likely N-dealkylation sites (N-methyl/N-ethyl adjacent to an activating group) is 1. The monoisotopic (exact) mass is 361 g/mol. The zero-order chi connectivity index (χ0) is 17.1. The van der Waals surface area contributed by atoms with Crippen LogP contribution in [-0.4, -0.2) is 42.4 Å². The molecule has 0 aliphatic heterocycles. The fourth-order valence-electron chi connectivity index (χ4n) is 2.14. The lowest BCUT2D eigenvalue weighted by Gasteiger charge is -2.15. The number of carbonyl (C=O) groups excluding carboxylic acids is 2. The van der Waals surface area contributed by atoms with E-state index < -0.39 is 0 Å². The first-order valence-electron chi connectivity index (χ1n) is 7.09. The molecule has 0 saturated carbocycles. The van der Waals surface area contributed by atoms with Crippen molar-refractivity contribution in [2.24, 2.45) is 0 Å². The Morgan fingerprint density at radius 3 is 2.88 bits per heavy atom. The summed E-state index contributed by atoms with van der Waals surface area (Å²) in [4.78, 5) is 30.0. The molecular weight excluding hydrogens is 346 g/mol. The number of hydrogen-bond donors (Lipinski definition) is 1. The van der Waals surface area contributed by atoms with Crippen LogP contribution >= 0.6 is 22.7 Å². The third kappa shape index (κ3) is 3.55. The number of amides is 2. The van der Waals surface area contributed by atoms with E-state index in [0.29, 0.717) is 10.7 Å². The number of aromatic nitrogens is 1. The van der Waals surface area contributed by atoms with E-state index in [0.717, 1.165) is 16.0 Å². The van der Waals surface area contributed by atoms with Crippen molar-refractivity contribution >= 4 is 49.8 Å². The molecule has 2 amide bonds. The van der Waals surface area contributed by atoms with Crippen LogP contribution in [0.3, 0.4) is 0 Å². The summed E-state index contributed by atoms with van der Waals surface area (Å²) in [5.41, 5.74) is 1.38. The minimum atomic E-state index is -0.285. The highest BCUT2D eigenvalue weighted by molar-refractivity contribution is 7.22. The SMILES string of the molecule is COc1ccc2nc(NC(=O)CN(C)C(=O)c3ccsc3)sc2c1. The zero-order valence-electron chi connectivity index (χ0n) is 13.1. The van der Waals surface area contributed by atoms with Crippen molar-refractivity contribution in [2.75, 3.05) is 26.0 Å². The lowest BCUT2D eigenvalue weighted by atomic mass is 10.3. The van der Waals surface area contributed by atoms with Crippen LogP contribution in [0.4, 0.5) is 5.13 Å². The number of fused-ring (bicyclic) bond motifs is 1. The molecule has 0 aliphatic carbocycles. The molecule has 8 heteroatoms. The highest BCUT2D eigenvalue weighted by Crippen LogP contribution is 2.29. The molecule has 3 rings (SSSR count). The van der Waals surface area contributed by atoms with Gasteiger partial charge in [-0.25, -0.2) is 4.98 Å². The van der Waals surface area contributed by atoms with Crippen LogP contribution in [0.15, 0.2) is 35.0 Å². The largest absolute Gasteiger partial charge is 0.497 e. The summed E-state index contributed by atoms with van der Waals surface area (Å²) in [5.74, 6) is 0.276. The topological polar surface area (TPSA) is 71.5 Å². The van der Waals surface area contributed by atoms with E-state index in [1.54, 1.807) is 25.6 Å². The van der Waals surface area contributed by atoms with Gasteiger partial charge in [-0.3, -0.25) is 9.59 Å². The van der Waals surface area contributed by atoms with Gasteiger partial charge in [-0.15, -0.1) is 0 Å². The van der Waals surface area contributed by atoms with Crippen molar-refractivity contribution in [1.29, 1.82) is 0 Å². The van der Waals surface area contributed by atoms with E-state index in [1.807, 2.05) is 23.6 Å². The van der Waals surface area contributed by atoms with E-state index in [4.69, 9.17) is 4.74 Å². The van der Waals surface area contributed by atoms with E-state index in [9.17, 15) is 9.59 Å². The molecule has 24 heavy (non-hydrogen) atoms. The standard InChI is InChI=1S/C16H15N3O3S2/c1-19(15(21)10-5-6-23-9-10)8-14(20)18-16-17-12-4-3-11(22-2)7-13(12)24-16/h3-7,9H,8H2,1-2H3,(H,17,18,20). The highest BCUT2D eigenvalue weighted by atomic mass is 32.1. The molecule has 6 nitrogen and oxygen atoms in total. The second kappa shape index (κ2) is 6.98. The van der Waals surface area contributed by atoms with Crippen LogP contribution in [0.1, 0.15) is 10.4 Å². The van der Waals surface area contributed by atoms with Crippen LogP contribution in [-0.2, 0) is 4.79 Å². The number of benzene rings is 1. The smallest absolute Gasteiger partial charge is 0.254 e. The number of carbonyl (C=O) groups is 2. The van der Waals surface area contributed by atoms with Crippen molar-refractivity contribution in [3.05, 3.63) is 40.6 Å². The summed E-state index contributed by atoms with van der Waals surface area (Å²) in [7, 11) is 3.20. The fraction of sp³-hybridized carbons (Fsp3) is 0.188. The summed E-state index contributed by atoms with van der Waals surface area (Å²) >= 11 is 2.81. The number of rotatable bonds is 5. The molecule has 0 bridgehead atoms. The van der Waals surface area contributed by atoms with Gasteiger partial charge in [-0.1, -0.05) is 11.3 Å². The van der Waals surface area contributed by atoms with Gasteiger partial charge in [0, 0.05) is 12.4 Å². The molecular formula is C16H15N3O3S2. The van der Waals surface area contributed by atoms with Gasteiger partial charge in [-0.2, -0.15) is 11.3 Å². The van der Waals surface area contributed by atoms with Crippen molar-refractivity contribution in [3.63, 3.8) is 0 Å². The van der Waals surface area contributed by atoms with Gasteiger partial charge in [0.2, 0.25) is 5.91 Å². The Balaban J connectivity index is 1.65. The number of thiophene rings is 1. The minimum Gasteiger partial charge on any atom is -0.497 e. The van der Waals surface area contributed by atoms with E-state index in [-0.39, 0.29) is 18.4 Å². The van der Waals surface area contributed by atoms with Crippen molar-refractivity contribution < 1.29 is 14.3 Å². The van der Waals surface area contributed by atoms with Crippen LogP contribution in [0.25, 0.3) is 10.2 Å². The molecule has 3 aromatic rings. The maximum absolute atomic E-state index is 12.1. The predicted octanol–water partition coefficient (Wildman–Crippen LogP) is 3.08. The molecule has 2 heterocycles. The fourth-order valence-corrected chi connectivity index (χ4v) is 3.68. The van der Waals surface area contributed by atoms with Crippen LogP contribution in [0, 0.1) is 0 Å². The molecule has 0 spiro atoms. The quantitative estimate of drug-likeness (QED) is 0.758. The van der Waals surface area contributed by atoms with Gasteiger partial charge >= 0.3 is 0 Å². The molecule has 0 radical (unpaired) electrons. The number of nitrogens with one attached hydrogen (secondary N) is 1. The van der Waals surface area contributed by atoms with Crippen molar-refractivity contribution in [2.45, 2.75) is 0 Å². The van der Waals surface area contributed by atoms with Crippen LogP contribution in [0.5, 0.6) is 5.75 Å². The molecule has 1 aromatic carbocycles. The Kier molecular flexibility index (Phi) is 4.77. The number of ether oxygens (including phenoxy) is 1. The molecule has 0 atom stereocenters. The normalized spacial score (nSPS) is 10.6. The maximum Gasteiger partial charge on any atom is 0.254 e. The average molecular weight is 361 g/mol. The third-order valence-electron chi connectivity index (χ3n) is 3.34. The minimum absolute atomic E-state index is 0.0338. The summed E-state index contributed by atoms with van der Waals surface area (Å²) in [6.07, 6.45) is 0. The Morgan fingerprint density at radius 1 is 1.33 bits per heavy atom. The molecule has 2 aromatic heterocycles. The molecule has 0 aliphatic rings. The molecule has 124 valence electrons. The number of hydrogen-bond acceptors (Lipinski definition) is 6. The summed E-state index contributed by atoms with van der Waals surface area (Å²) < 4.78 is 6.10. The summed E-state index contributed by atoms with van der Waals surface area (Å²) in [6, 6.07) is 7.27. The van der Waals surface area contributed by atoms with Gasteiger partial charge in [0.15, 0.2) is 5.13 Å². The second-order valence-electron chi connectivity index (χ2n) is 5.07. The first-order chi connectivity index (χ1) is 11.6. The Morgan fingerprint density at radius 2 is 2.17 bits per heavy atom. The van der Waals surface area contributed by atoms with Gasteiger partial charge in [0.1, 0.15) is 5.75 Å². The molecule has 1 N–H and O–H groups in total. The van der Waals surface area contributed by atoms with Crippen molar-refractivity contribution in [1.82, 2.24) is 9.88 Å². The second-order valence-corrected chi connectivity index (χ2v) is 6.88. The molecule has 0 saturated heterocycles. The average Bonchev–Trinajstić information content (AvgIpc) is 3.22. The van der Waals surface area contributed by atoms with Crippen LogP contribution < -0.4 is 10.1 Å². The Labute approximate surface area is 146 Å². The van der Waals surface area contributed by atoms with E-state index in [1.165, 1.54) is 27.6 Å². The molecule has 0 unspecified atom stereocenters. The maximum atomic E-state index is 12.1. The summed E-state index contributed by atoms with van der Waals surface area (Å²) in [5, 5.41) is 6.83. The van der Waals surface area contributed by atoms with Gasteiger partial charge < -0.3 is 15.0 Å². The van der Waals surface area contributed by atoms with Crippen molar-refractivity contribution in [3.8, 4) is 5.75 Å².